The van der Waals surface area contributed by atoms with E-state index in [9.17, 15) is 14.0 Å². The Morgan fingerprint density at radius 1 is 1.21 bits per heavy atom. The van der Waals surface area contributed by atoms with Gasteiger partial charge < -0.3 is 15.0 Å². The van der Waals surface area contributed by atoms with Crippen LogP contribution in [0.4, 0.5) is 10.1 Å². The normalized spacial score (nSPS) is 15.4. The van der Waals surface area contributed by atoms with Crippen molar-refractivity contribution in [3.8, 4) is 11.4 Å². The van der Waals surface area contributed by atoms with Gasteiger partial charge in [-0.2, -0.15) is 4.80 Å². The van der Waals surface area contributed by atoms with Crippen molar-refractivity contribution in [1.82, 2.24) is 25.5 Å². The quantitative estimate of drug-likeness (QED) is 0.540. The van der Waals surface area contributed by atoms with Crippen molar-refractivity contribution >= 4 is 29.1 Å². The van der Waals surface area contributed by atoms with Crippen LogP contribution in [0, 0.1) is 5.82 Å². The third kappa shape index (κ3) is 5.91. The third-order valence-electron chi connectivity index (χ3n) is 5.14. The van der Waals surface area contributed by atoms with Gasteiger partial charge in [0.15, 0.2) is 0 Å². The van der Waals surface area contributed by atoms with Gasteiger partial charge in [-0.1, -0.05) is 23.7 Å². The van der Waals surface area contributed by atoms with E-state index in [1.54, 1.807) is 36.4 Å². The van der Waals surface area contributed by atoms with E-state index >= 15 is 0 Å². The lowest BCUT2D eigenvalue weighted by Gasteiger charge is -2.22. The standard InChI is InChI=1S/C22H22ClFN6O3/c23-15-7-9-16(10-8-15)29(13-20(31)25-12-17-4-3-11-33-17)21(32)14-30-27-22(26-28-30)18-5-1-2-6-19(18)24/h1-2,5-10,17H,3-4,11-14H2,(H,25,31). The lowest BCUT2D eigenvalue weighted by molar-refractivity contribution is -0.124. The van der Waals surface area contributed by atoms with Gasteiger partial charge in [-0.3, -0.25) is 9.59 Å². The maximum Gasteiger partial charge on any atom is 0.251 e. The molecule has 0 aliphatic carbocycles. The number of benzene rings is 2. The molecule has 1 aromatic heterocycles. The second kappa shape index (κ2) is 10.5. The minimum absolute atomic E-state index is 0.00946. The number of tetrazole rings is 1. The number of carbonyl (C=O) groups is 2. The molecule has 1 aliphatic rings. The molecule has 1 atom stereocenters. The summed E-state index contributed by atoms with van der Waals surface area (Å²) in [6.07, 6.45) is 1.85. The van der Waals surface area contributed by atoms with Crippen molar-refractivity contribution < 1.29 is 18.7 Å². The number of amides is 2. The average molecular weight is 473 g/mol. The summed E-state index contributed by atoms with van der Waals surface area (Å²) in [4.78, 5) is 28.0. The summed E-state index contributed by atoms with van der Waals surface area (Å²) < 4.78 is 19.5. The van der Waals surface area contributed by atoms with Gasteiger partial charge in [0, 0.05) is 23.9 Å². The summed E-state index contributed by atoms with van der Waals surface area (Å²) in [5.74, 6) is -1.20. The molecule has 2 aromatic carbocycles. The van der Waals surface area contributed by atoms with Crippen LogP contribution in [0.25, 0.3) is 11.4 Å². The maximum absolute atomic E-state index is 14.0. The summed E-state index contributed by atoms with van der Waals surface area (Å²) in [5, 5.41) is 15.1. The average Bonchev–Trinajstić information content (AvgIpc) is 3.49. The van der Waals surface area contributed by atoms with Crippen LogP contribution < -0.4 is 10.2 Å². The van der Waals surface area contributed by atoms with E-state index < -0.39 is 11.7 Å². The number of nitrogens with one attached hydrogen (secondary N) is 1. The van der Waals surface area contributed by atoms with E-state index in [1.165, 1.54) is 17.0 Å². The number of hydrogen-bond donors (Lipinski definition) is 1. The molecule has 3 aromatic rings. The Bertz CT molecular complexity index is 1120. The molecule has 0 radical (unpaired) electrons. The minimum atomic E-state index is -0.492. The summed E-state index contributed by atoms with van der Waals surface area (Å²) in [7, 11) is 0. The van der Waals surface area contributed by atoms with E-state index in [4.69, 9.17) is 16.3 Å². The molecule has 9 nitrogen and oxygen atoms in total. The zero-order chi connectivity index (χ0) is 23.2. The van der Waals surface area contributed by atoms with Crippen molar-refractivity contribution in [3.63, 3.8) is 0 Å². The molecule has 1 saturated heterocycles. The zero-order valence-corrected chi connectivity index (χ0v) is 18.4. The van der Waals surface area contributed by atoms with Crippen molar-refractivity contribution in [2.24, 2.45) is 0 Å². The smallest absolute Gasteiger partial charge is 0.251 e. The molecule has 0 saturated carbocycles. The second-order valence-corrected chi connectivity index (χ2v) is 7.96. The van der Waals surface area contributed by atoms with Gasteiger partial charge in [-0.05, 0) is 54.5 Å². The summed E-state index contributed by atoms with van der Waals surface area (Å²) in [5.41, 5.74) is 0.672. The van der Waals surface area contributed by atoms with Crippen molar-refractivity contribution in [2.75, 3.05) is 24.6 Å². The predicted octanol–water partition coefficient (Wildman–Crippen LogP) is 2.46. The molecule has 11 heteroatoms. The van der Waals surface area contributed by atoms with E-state index in [-0.39, 0.29) is 36.5 Å². The highest BCUT2D eigenvalue weighted by atomic mass is 35.5. The van der Waals surface area contributed by atoms with Gasteiger partial charge in [0.1, 0.15) is 18.9 Å². The van der Waals surface area contributed by atoms with E-state index in [0.717, 1.165) is 17.6 Å². The fraction of sp³-hybridized carbons (Fsp3) is 0.318. The van der Waals surface area contributed by atoms with Crippen LogP contribution in [0.1, 0.15) is 12.8 Å². The predicted molar refractivity (Wildman–Crippen MR) is 119 cm³/mol. The first-order valence-electron chi connectivity index (χ1n) is 10.5. The van der Waals surface area contributed by atoms with Crippen molar-refractivity contribution in [1.29, 1.82) is 0 Å². The highest BCUT2D eigenvalue weighted by Gasteiger charge is 2.23. The molecule has 1 fully saturated rings. The van der Waals surface area contributed by atoms with Gasteiger partial charge in [0.05, 0.1) is 11.7 Å². The Balaban J connectivity index is 1.46. The summed E-state index contributed by atoms with van der Waals surface area (Å²) in [6, 6.07) is 12.6. The molecule has 1 unspecified atom stereocenters. The fourth-order valence-corrected chi connectivity index (χ4v) is 3.57. The number of nitrogens with zero attached hydrogens (tertiary/aromatic N) is 5. The molecule has 2 amide bonds. The molecule has 2 heterocycles. The molecular weight excluding hydrogens is 451 g/mol. The molecule has 4 rings (SSSR count). The molecule has 1 N–H and O–H groups in total. The van der Waals surface area contributed by atoms with E-state index in [0.29, 0.717) is 23.9 Å². The number of aromatic nitrogens is 4. The Morgan fingerprint density at radius 2 is 2.00 bits per heavy atom. The van der Waals surface area contributed by atoms with Crippen LogP contribution in [-0.2, 0) is 20.9 Å². The molecule has 33 heavy (non-hydrogen) atoms. The van der Waals surface area contributed by atoms with Gasteiger partial charge >= 0.3 is 0 Å². The maximum atomic E-state index is 14.0. The van der Waals surface area contributed by atoms with Gasteiger partial charge in [0.25, 0.3) is 5.91 Å². The highest BCUT2D eigenvalue weighted by Crippen LogP contribution is 2.20. The molecule has 172 valence electrons. The molecule has 1 aliphatic heterocycles. The lowest BCUT2D eigenvalue weighted by atomic mass is 10.2. The SMILES string of the molecule is O=C(CN(C(=O)Cn1nnc(-c2ccccc2F)n1)c1ccc(Cl)cc1)NCC1CCCO1. The zero-order valence-electron chi connectivity index (χ0n) is 17.7. The summed E-state index contributed by atoms with van der Waals surface area (Å²) in [6.45, 7) is 0.582. The first kappa shape index (κ1) is 22.8. The van der Waals surface area contributed by atoms with Crippen LogP contribution in [-0.4, -0.2) is 57.8 Å². The van der Waals surface area contributed by atoms with E-state index in [2.05, 4.69) is 20.7 Å². The fourth-order valence-electron chi connectivity index (χ4n) is 3.44. The van der Waals surface area contributed by atoms with Gasteiger partial charge in [-0.25, -0.2) is 4.39 Å². The third-order valence-corrected chi connectivity index (χ3v) is 5.39. The van der Waals surface area contributed by atoms with Crippen molar-refractivity contribution in [2.45, 2.75) is 25.5 Å². The van der Waals surface area contributed by atoms with Crippen LogP contribution in [0.2, 0.25) is 5.02 Å². The molecule has 0 spiro atoms. The number of hydrogen-bond acceptors (Lipinski definition) is 6. The van der Waals surface area contributed by atoms with E-state index in [1.807, 2.05) is 0 Å². The number of rotatable bonds is 8. The lowest BCUT2D eigenvalue weighted by Crippen LogP contribution is -2.44. The summed E-state index contributed by atoms with van der Waals surface area (Å²) >= 11 is 5.97. The van der Waals surface area contributed by atoms with Crippen LogP contribution in [0.15, 0.2) is 48.5 Å². The Morgan fingerprint density at radius 3 is 2.73 bits per heavy atom. The van der Waals surface area contributed by atoms with Crippen LogP contribution in [0.3, 0.4) is 0 Å². The number of anilines is 1. The first-order chi connectivity index (χ1) is 16.0. The Kier molecular flexibility index (Phi) is 7.26. The number of ether oxygens (including phenoxy) is 1. The van der Waals surface area contributed by atoms with Gasteiger partial charge in [0.2, 0.25) is 11.7 Å². The highest BCUT2D eigenvalue weighted by molar-refractivity contribution is 6.30. The van der Waals surface area contributed by atoms with Crippen LogP contribution in [0.5, 0.6) is 0 Å². The monoisotopic (exact) mass is 472 g/mol. The topological polar surface area (TPSA) is 102 Å². The van der Waals surface area contributed by atoms with Crippen LogP contribution >= 0.6 is 11.6 Å². The second-order valence-electron chi connectivity index (χ2n) is 7.52. The molecular formula is C22H22ClFN6O3. The number of halogens is 2. The Labute approximate surface area is 194 Å². The van der Waals surface area contributed by atoms with Crippen molar-refractivity contribution in [3.05, 3.63) is 59.4 Å². The minimum Gasteiger partial charge on any atom is -0.376 e. The Hall–Kier alpha value is -3.37. The largest absolute Gasteiger partial charge is 0.376 e. The molecule has 0 bridgehead atoms. The first-order valence-corrected chi connectivity index (χ1v) is 10.8. The van der Waals surface area contributed by atoms with Gasteiger partial charge in [-0.15, -0.1) is 10.2 Å². The number of carbonyl (C=O) groups excluding carboxylic acids is 2.